The summed E-state index contributed by atoms with van der Waals surface area (Å²) >= 11 is 1.77. The van der Waals surface area contributed by atoms with E-state index >= 15 is 0 Å². The normalized spacial score (nSPS) is 20.8. The summed E-state index contributed by atoms with van der Waals surface area (Å²) < 4.78 is 6.72. The van der Waals surface area contributed by atoms with E-state index in [-0.39, 0.29) is 5.92 Å². The molecule has 28 heavy (non-hydrogen) atoms. The molecule has 0 saturated carbocycles. The van der Waals surface area contributed by atoms with Gasteiger partial charge in [0.05, 0.1) is 30.0 Å². The highest BCUT2D eigenvalue weighted by atomic mass is 32.1. The van der Waals surface area contributed by atoms with Crippen LogP contribution in [0.15, 0.2) is 28.9 Å². The molecule has 2 aliphatic heterocycles. The Kier molecular flexibility index (Phi) is 5.73. The number of aryl methyl sites for hydroxylation is 1. The molecule has 2 aromatic heterocycles. The monoisotopic (exact) mass is 397 g/mol. The number of nitrogens with zero attached hydrogens (tertiary/aromatic N) is 4. The molecule has 6 nitrogen and oxygen atoms in total. The van der Waals surface area contributed by atoms with Crippen LogP contribution in [-0.4, -0.2) is 49.0 Å². The van der Waals surface area contributed by atoms with Gasteiger partial charge in [0.15, 0.2) is 11.6 Å². The zero-order chi connectivity index (χ0) is 19.5. The summed E-state index contributed by atoms with van der Waals surface area (Å²) in [6, 6.07) is 2.17. The number of rotatable bonds is 4. The van der Waals surface area contributed by atoms with Crippen LogP contribution >= 0.6 is 11.3 Å². The number of aromatic nitrogens is 2. The van der Waals surface area contributed by atoms with Crippen LogP contribution in [0.25, 0.3) is 15.8 Å². The summed E-state index contributed by atoms with van der Waals surface area (Å²) in [5, 5.41) is 4.36. The molecule has 1 fully saturated rings. The van der Waals surface area contributed by atoms with E-state index < -0.39 is 0 Å². The van der Waals surface area contributed by atoms with Gasteiger partial charge in [-0.2, -0.15) is 5.10 Å². The number of hydrogen-bond donors (Lipinski definition) is 1. The Morgan fingerprint density at radius 3 is 2.93 bits per heavy atom. The fraction of sp³-hybridized carbons (Fsp3) is 0.476. The summed E-state index contributed by atoms with van der Waals surface area (Å²) in [4.78, 5) is 13.6. The first-order valence-electron chi connectivity index (χ1n) is 9.90. The molecule has 2 aliphatic rings. The zero-order valence-corrected chi connectivity index (χ0v) is 17.6. The average Bonchev–Trinajstić information content (AvgIpc) is 2.94. The Labute approximate surface area is 170 Å². The van der Waals surface area contributed by atoms with Crippen molar-refractivity contribution in [3.63, 3.8) is 0 Å². The molecule has 1 atom stereocenters. The fourth-order valence-corrected chi connectivity index (χ4v) is 4.60. The van der Waals surface area contributed by atoms with Crippen LogP contribution in [-0.2, 0) is 4.74 Å². The molecule has 2 aromatic rings. The highest BCUT2D eigenvalue weighted by Crippen LogP contribution is 2.34. The number of hydrogen-bond acceptors (Lipinski definition) is 7. The molecule has 1 N–H and O–H groups in total. The van der Waals surface area contributed by atoms with Gasteiger partial charge >= 0.3 is 0 Å². The molecule has 0 aromatic carbocycles. The van der Waals surface area contributed by atoms with E-state index in [0.717, 1.165) is 62.0 Å². The maximum Gasteiger partial charge on any atom is 0.158 e. The summed E-state index contributed by atoms with van der Waals surface area (Å²) in [6.45, 7) is 10.4. The molecule has 148 valence electrons. The summed E-state index contributed by atoms with van der Waals surface area (Å²) in [5.41, 5.74) is 6.50. The van der Waals surface area contributed by atoms with Crippen LogP contribution in [0, 0.1) is 12.8 Å². The largest absolute Gasteiger partial charge is 0.378 e. The lowest BCUT2D eigenvalue weighted by molar-refractivity contribution is 0.122. The molecule has 0 radical (unpaired) electrons. The molecule has 4 rings (SSSR count). The van der Waals surface area contributed by atoms with Crippen LogP contribution in [0.5, 0.6) is 0 Å². The van der Waals surface area contributed by atoms with Crippen molar-refractivity contribution in [1.29, 1.82) is 0 Å². The van der Waals surface area contributed by atoms with Gasteiger partial charge in [0.25, 0.3) is 0 Å². The number of hydrazone groups is 1. The van der Waals surface area contributed by atoms with Gasteiger partial charge in [-0.1, -0.05) is 24.6 Å². The van der Waals surface area contributed by atoms with E-state index in [4.69, 9.17) is 14.7 Å². The van der Waals surface area contributed by atoms with Crippen molar-refractivity contribution in [2.75, 3.05) is 37.7 Å². The van der Waals surface area contributed by atoms with Crippen molar-refractivity contribution in [2.24, 2.45) is 11.0 Å². The van der Waals surface area contributed by atoms with Gasteiger partial charge in [-0.15, -0.1) is 11.3 Å². The topological polar surface area (TPSA) is 62.6 Å². The van der Waals surface area contributed by atoms with Gasteiger partial charge in [0.1, 0.15) is 0 Å². The Morgan fingerprint density at radius 2 is 2.14 bits per heavy atom. The molecule has 0 spiro atoms. The van der Waals surface area contributed by atoms with Crippen molar-refractivity contribution in [3.8, 4) is 0 Å². The maximum absolute atomic E-state index is 5.55. The zero-order valence-electron chi connectivity index (χ0n) is 16.7. The molecule has 1 saturated heterocycles. The Bertz CT molecular complexity index is 940. The molecule has 1 unspecified atom stereocenters. The standard InChI is InChI=1S/C21H27N5OS/c1-4-5-17(16-10-14(2)12-22-23-13-16)20-24-18-11-15(3)28-19(18)21(25-20)26-6-8-27-9-7-26/h5,10-11,13,16,22H,4,6-9,12H2,1-3H3/b17-5+. The van der Waals surface area contributed by atoms with Crippen LogP contribution in [0.3, 0.4) is 0 Å². The second-order valence-corrected chi connectivity index (χ2v) is 8.52. The SMILES string of the molecule is CC/C=C(/c1nc(N2CCOCC2)c2sc(C)cc2n1)C1C=NNCC(C)=C1. The quantitative estimate of drug-likeness (QED) is 0.796. The van der Waals surface area contributed by atoms with Gasteiger partial charge in [-0.3, -0.25) is 0 Å². The summed E-state index contributed by atoms with van der Waals surface area (Å²) in [6.07, 6.45) is 7.37. The fourth-order valence-electron chi connectivity index (χ4n) is 3.63. The van der Waals surface area contributed by atoms with Crippen molar-refractivity contribution in [2.45, 2.75) is 27.2 Å². The van der Waals surface area contributed by atoms with Crippen molar-refractivity contribution < 1.29 is 4.74 Å². The second-order valence-electron chi connectivity index (χ2n) is 7.26. The van der Waals surface area contributed by atoms with Crippen LogP contribution in [0.1, 0.15) is 31.0 Å². The van der Waals surface area contributed by atoms with E-state index in [1.165, 1.54) is 15.2 Å². The van der Waals surface area contributed by atoms with E-state index in [0.29, 0.717) is 0 Å². The van der Waals surface area contributed by atoms with Crippen LogP contribution < -0.4 is 10.3 Å². The van der Waals surface area contributed by atoms with E-state index in [2.05, 4.69) is 54.4 Å². The lowest BCUT2D eigenvalue weighted by atomic mass is 9.96. The highest BCUT2D eigenvalue weighted by molar-refractivity contribution is 7.19. The van der Waals surface area contributed by atoms with Crippen molar-refractivity contribution >= 4 is 39.2 Å². The number of thiophene rings is 1. The Balaban J connectivity index is 1.83. The Morgan fingerprint density at radius 1 is 1.32 bits per heavy atom. The molecule has 0 bridgehead atoms. The van der Waals surface area contributed by atoms with E-state index in [1.807, 2.05) is 6.21 Å². The lowest BCUT2D eigenvalue weighted by Gasteiger charge is -2.28. The maximum atomic E-state index is 5.55. The minimum absolute atomic E-state index is 0.0738. The lowest BCUT2D eigenvalue weighted by Crippen LogP contribution is -2.37. The molecule has 0 aliphatic carbocycles. The predicted molar refractivity (Wildman–Crippen MR) is 117 cm³/mol. The van der Waals surface area contributed by atoms with Gasteiger partial charge in [-0.25, -0.2) is 9.97 Å². The third-order valence-electron chi connectivity index (χ3n) is 4.98. The molecule has 0 amide bonds. The first-order valence-corrected chi connectivity index (χ1v) is 10.7. The van der Waals surface area contributed by atoms with Gasteiger partial charge < -0.3 is 15.1 Å². The molecular weight excluding hydrogens is 370 g/mol. The summed E-state index contributed by atoms with van der Waals surface area (Å²) in [5.74, 6) is 1.91. The predicted octanol–water partition coefficient (Wildman–Crippen LogP) is 3.78. The van der Waals surface area contributed by atoms with Crippen LogP contribution in [0.4, 0.5) is 5.82 Å². The van der Waals surface area contributed by atoms with Crippen LogP contribution in [0.2, 0.25) is 0 Å². The molecule has 4 heterocycles. The highest BCUT2D eigenvalue weighted by Gasteiger charge is 2.22. The molecule has 7 heteroatoms. The van der Waals surface area contributed by atoms with Gasteiger partial charge in [0.2, 0.25) is 0 Å². The number of morpholine rings is 1. The number of fused-ring (bicyclic) bond motifs is 1. The van der Waals surface area contributed by atoms with Crippen molar-refractivity contribution in [1.82, 2.24) is 15.4 Å². The Hall–Kier alpha value is -2.25. The van der Waals surface area contributed by atoms with E-state index in [1.54, 1.807) is 11.3 Å². The third kappa shape index (κ3) is 3.95. The average molecular weight is 398 g/mol. The number of nitrogens with one attached hydrogen (secondary N) is 1. The van der Waals surface area contributed by atoms with Gasteiger partial charge in [0, 0.05) is 35.7 Å². The number of allylic oxidation sites excluding steroid dienone is 3. The summed E-state index contributed by atoms with van der Waals surface area (Å²) in [7, 11) is 0. The number of anilines is 1. The minimum atomic E-state index is 0.0738. The second kappa shape index (κ2) is 8.41. The first kappa shape index (κ1) is 19.1. The smallest absolute Gasteiger partial charge is 0.158 e. The van der Waals surface area contributed by atoms with E-state index in [9.17, 15) is 0 Å². The number of ether oxygens (including phenoxy) is 1. The third-order valence-corrected chi connectivity index (χ3v) is 6.01. The molecular formula is C21H27N5OS. The van der Waals surface area contributed by atoms with Crippen molar-refractivity contribution in [3.05, 3.63) is 34.5 Å². The minimum Gasteiger partial charge on any atom is -0.378 e. The van der Waals surface area contributed by atoms with Gasteiger partial charge in [-0.05, 0) is 26.3 Å². The first-order chi connectivity index (χ1) is 13.7.